The first-order chi connectivity index (χ1) is 9.73. The second-order valence-corrected chi connectivity index (χ2v) is 6.93. The van der Waals surface area contributed by atoms with Crippen LogP contribution in [0.4, 0.5) is 10.1 Å². The van der Waals surface area contributed by atoms with E-state index in [4.69, 9.17) is 0 Å². The van der Waals surface area contributed by atoms with Crippen LogP contribution in [0, 0.1) is 21.8 Å². The average Bonchev–Trinajstić information content (AvgIpc) is 2.89. The number of non-ortho nitro benzene ring substituents is 1. The van der Waals surface area contributed by atoms with Crippen molar-refractivity contribution in [1.29, 1.82) is 0 Å². The van der Waals surface area contributed by atoms with E-state index in [2.05, 4.69) is 0 Å². The van der Waals surface area contributed by atoms with Crippen LogP contribution in [-0.2, 0) is 10.0 Å². The summed E-state index contributed by atoms with van der Waals surface area (Å²) in [6.07, 6.45) is -0.201. The van der Waals surface area contributed by atoms with Crippen molar-refractivity contribution in [2.75, 3.05) is 13.1 Å². The van der Waals surface area contributed by atoms with Gasteiger partial charge < -0.3 is 5.11 Å². The van der Waals surface area contributed by atoms with Gasteiger partial charge in [-0.15, -0.1) is 0 Å². The van der Waals surface area contributed by atoms with E-state index in [0.29, 0.717) is 6.42 Å². The van der Waals surface area contributed by atoms with E-state index in [-0.39, 0.29) is 19.0 Å². The van der Waals surface area contributed by atoms with E-state index in [9.17, 15) is 28.0 Å². The standard InChI is InChI=1S/C12H15FN2O5S/c1-8(16)9-4-5-14(7-9)21(19,20)12-6-10(15(17)18)2-3-11(12)13/h2-3,6,8-9,16H,4-5,7H2,1H3. The smallest absolute Gasteiger partial charge is 0.270 e. The van der Waals surface area contributed by atoms with Crippen LogP contribution in [0.1, 0.15) is 13.3 Å². The molecule has 0 spiro atoms. The van der Waals surface area contributed by atoms with Crippen LogP contribution in [0.5, 0.6) is 0 Å². The molecule has 0 radical (unpaired) electrons. The third-order valence-corrected chi connectivity index (χ3v) is 5.49. The number of hydrogen-bond acceptors (Lipinski definition) is 5. The van der Waals surface area contributed by atoms with Crippen molar-refractivity contribution in [1.82, 2.24) is 4.31 Å². The SMILES string of the molecule is CC(O)C1CCN(S(=O)(=O)c2cc([N+](=O)[O-])ccc2F)C1. The molecule has 7 nitrogen and oxygen atoms in total. The van der Waals surface area contributed by atoms with Gasteiger partial charge in [0.15, 0.2) is 0 Å². The zero-order chi connectivity index (χ0) is 15.8. The molecule has 1 heterocycles. The lowest BCUT2D eigenvalue weighted by molar-refractivity contribution is -0.385. The maximum absolute atomic E-state index is 13.8. The lowest BCUT2D eigenvalue weighted by Crippen LogP contribution is -2.31. The number of aliphatic hydroxyl groups excluding tert-OH is 1. The first-order valence-electron chi connectivity index (χ1n) is 6.35. The Balaban J connectivity index is 2.36. The molecule has 1 aliphatic rings. The van der Waals surface area contributed by atoms with E-state index in [1.807, 2.05) is 0 Å². The minimum absolute atomic E-state index is 0.0716. The highest BCUT2D eigenvalue weighted by atomic mass is 32.2. The summed E-state index contributed by atoms with van der Waals surface area (Å²) >= 11 is 0. The number of aliphatic hydroxyl groups is 1. The van der Waals surface area contributed by atoms with Gasteiger partial charge in [-0.25, -0.2) is 12.8 Å². The highest BCUT2D eigenvalue weighted by molar-refractivity contribution is 7.89. The minimum Gasteiger partial charge on any atom is -0.393 e. The highest BCUT2D eigenvalue weighted by Gasteiger charge is 2.36. The van der Waals surface area contributed by atoms with Crippen LogP contribution in [0.25, 0.3) is 0 Å². The van der Waals surface area contributed by atoms with Crippen LogP contribution in [0.15, 0.2) is 23.1 Å². The van der Waals surface area contributed by atoms with Crippen molar-refractivity contribution in [2.45, 2.75) is 24.3 Å². The first kappa shape index (κ1) is 15.8. The van der Waals surface area contributed by atoms with E-state index in [1.165, 1.54) is 0 Å². The molecule has 0 amide bonds. The molecule has 1 aromatic rings. The topological polar surface area (TPSA) is 101 Å². The van der Waals surface area contributed by atoms with Gasteiger partial charge in [0.1, 0.15) is 10.7 Å². The van der Waals surface area contributed by atoms with Gasteiger partial charge in [0.05, 0.1) is 11.0 Å². The summed E-state index contributed by atoms with van der Waals surface area (Å²) in [6.45, 7) is 1.79. The van der Waals surface area contributed by atoms with Crippen LogP contribution < -0.4 is 0 Å². The fraction of sp³-hybridized carbons (Fsp3) is 0.500. The monoisotopic (exact) mass is 318 g/mol. The van der Waals surface area contributed by atoms with E-state index in [1.54, 1.807) is 6.92 Å². The van der Waals surface area contributed by atoms with Crippen LogP contribution in [0.2, 0.25) is 0 Å². The van der Waals surface area contributed by atoms with Gasteiger partial charge in [0.25, 0.3) is 5.69 Å². The molecule has 1 aromatic carbocycles. The molecule has 1 N–H and O–H groups in total. The maximum atomic E-state index is 13.8. The predicted octanol–water partition coefficient (Wildman–Crippen LogP) is 1.13. The van der Waals surface area contributed by atoms with Gasteiger partial charge in [0.2, 0.25) is 10.0 Å². The number of nitro groups is 1. The molecule has 0 aliphatic carbocycles. The Kier molecular flexibility index (Phi) is 4.26. The average molecular weight is 318 g/mol. The molecule has 9 heteroatoms. The number of hydrogen-bond donors (Lipinski definition) is 1. The van der Waals surface area contributed by atoms with Gasteiger partial charge in [-0.05, 0) is 25.3 Å². The van der Waals surface area contributed by atoms with Gasteiger partial charge in [-0.3, -0.25) is 10.1 Å². The molecule has 1 fully saturated rings. The second kappa shape index (κ2) is 5.66. The van der Waals surface area contributed by atoms with E-state index >= 15 is 0 Å². The zero-order valence-corrected chi connectivity index (χ0v) is 12.1. The Bertz CT molecular complexity index is 662. The molecule has 0 aromatic heterocycles. The minimum atomic E-state index is -4.15. The molecule has 21 heavy (non-hydrogen) atoms. The fourth-order valence-electron chi connectivity index (χ4n) is 2.31. The largest absolute Gasteiger partial charge is 0.393 e. The summed E-state index contributed by atoms with van der Waals surface area (Å²) in [7, 11) is -4.15. The Hall–Kier alpha value is -1.58. The maximum Gasteiger partial charge on any atom is 0.270 e. The Morgan fingerprint density at radius 2 is 2.19 bits per heavy atom. The molecule has 0 saturated carbocycles. The van der Waals surface area contributed by atoms with Crippen molar-refractivity contribution in [3.05, 3.63) is 34.1 Å². The van der Waals surface area contributed by atoms with Crippen LogP contribution in [0.3, 0.4) is 0 Å². The van der Waals surface area contributed by atoms with Gasteiger partial charge in [-0.2, -0.15) is 4.31 Å². The first-order valence-corrected chi connectivity index (χ1v) is 7.79. The van der Waals surface area contributed by atoms with Crippen molar-refractivity contribution < 1.29 is 22.8 Å². The van der Waals surface area contributed by atoms with Gasteiger partial charge in [-0.1, -0.05) is 0 Å². The summed E-state index contributed by atoms with van der Waals surface area (Å²) in [4.78, 5) is 9.21. The van der Waals surface area contributed by atoms with Crippen molar-refractivity contribution in [2.24, 2.45) is 5.92 Å². The molecule has 2 unspecified atom stereocenters. The molecule has 116 valence electrons. The third-order valence-electron chi connectivity index (χ3n) is 3.61. The number of rotatable bonds is 4. The zero-order valence-electron chi connectivity index (χ0n) is 11.3. The Morgan fingerprint density at radius 3 is 2.71 bits per heavy atom. The number of sulfonamides is 1. The third kappa shape index (κ3) is 3.04. The predicted molar refractivity (Wildman–Crippen MR) is 71.6 cm³/mol. The van der Waals surface area contributed by atoms with Crippen molar-refractivity contribution >= 4 is 15.7 Å². The van der Waals surface area contributed by atoms with Crippen molar-refractivity contribution in [3.8, 4) is 0 Å². The molecule has 0 bridgehead atoms. The van der Waals surface area contributed by atoms with Gasteiger partial charge in [0, 0.05) is 25.2 Å². The quantitative estimate of drug-likeness (QED) is 0.662. The molecular formula is C12H15FN2O5S. The van der Waals surface area contributed by atoms with Crippen LogP contribution >= 0.6 is 0 Å². The molecule has 1 saturated heterocycles. The normalized spacial score (nSPS) is 21.4. The van der Waals surface area contributed by atoms with E-state index in [0.717, 1.165) is 22.5 Å². The van der Waals surface area contributed by atoms with Gasteiger partial charge >= 0.3 is 0 Å². The lowest BCUT2D eigenvalue weighted by Gasteiger charge is -2.18. The summed E-state index contributed by atoms with van der Waals surface area (Å²) in [5, 5.41) is 20.2. The number of nitro benzene ring substituents is 1. The van der Waals surface area contributed by atoms with E-state index < -0.39 is 37.5 Å². The second-order valence-electron chi connectivity index (χ2n) is 5.02. The molecule has 1 aliphatic heterocycles. The summed E-state index contributed by atoms with van der Waals surface area (Å²) in [5.74, 6) is -1.25. The van der Waals surface area contributed by atoms with Crippen molar-refractivity contribution in [3.63, 3.8) is 0 Å². The summed E-state index contributed by atoms with van der Waals surface area (Å²) in [6, 6.07) is 2.41. The molecule has 2 atom stereocenters. The Labute approximate surface area is 121 Å². The number of nitrogens with zero attached hydrogens (tertiary/aromatic N) is 2. The summed E-state index contributed by atoms with van der Waals surface area (Å²) < 4.78 is 39.6. The number of benzene rings is 1. The lowest BCUT2D eigenvalue weighted by atomic mass is 10.0. The molecule has 2 rings (SSSR count). The molecular weight excluding hydrogens is 303 g/mol. The fourth-order valence-corrected chi connectivity index (χ4v) is 3.90. The Morgan fingerprint density at radius 1 is 1.52 bits per heavy atom. The summed E-state index contributed by atoms with van der Waals surface area (Å²) in [5.41, 5.74) is -0.485. The number of halogens is 1. The van der Waals surface area contributed by atoms with Crippen LogP contribution in [-0.4, -0.2) is 41.9 Å². The highest BCUT2D eigenvalue weighted by Crippen LogP contribution is 2.29.